The Kier molecular flexibility index (Phi) is 5.73. The molecule has 0 aliphatic carbocycles. The fourth-order valence-corrected chi connectivity index (χ4v) is 2.82. The zero-order valence-corrected chi connectivity index (χ0v) is 14.0. The van der Waals surface area contributed by atoms with Gasteiger partial charge in [-0.05, 0) is 32.4 Å². The summed E-state index contributed by atoms with van der Waals surface area (Å²) in [5.41, 5.74) is 1.41. The number of Topliss-reactive ketones (excluding diaryl/α,β-unsaturated/α-hetero) is 1. The van der Waals surface area contributed by atoms with Gasteiger partial charge in [-0.25, -0.2) is 0 Å². The Morgan fingerprint density at radius 2 is 1.62 bits per heavy atom. The Morgan fingerprint density at radius 3 is 2.17 bits per heavy atom. The van der Waals surface area contributed by atoms with E-state index < -0.39 is 23.8 Å². The first-order valence-corrected chi connectivity index (χ1v) is 7.90. The van der Waals surface area contributed by atoms with E-state index in [1.165, 1.54) is 6.92 Å². The van der Waals surface area contributed by atoms with Gasteiger partial charge >= 0.3 is 11.9 Å². The van der Waals surface area contributed by atoms with Gasteiger partial charge in [0.15, 0.2) is 5.92 Å². The number of aromatic amines is 1. The summed E-state index contributed by atoms with van der Waals surface area (Å²) in [5, 5.41) is 0.788. The van der Waals surface area contributed by atoms with Gasteiger partial charge in [0.05, 0.1) is 19.1 Å². The van der Waals surface area contributed by atoms with Crippen LogP contribution in [0.15, 0.2) is 30.5 Å². The Hall–Kier alpha value is -2.63. The molecule has 0 radical (unpaired) electrons. The number of nitrogens with one attached hydrogen (secondary N) is 1. The molecule has 2 rings (SSSR count). The van der Waals surface area contributed by atoms with Crippen molar-refractivity contribution in [1.29, 1.82) is 0 Å². The SMILES string of the molecule is CCOC(=O)C(C(=O)OCC)[C@@H](C(C)=O)c1c[nH]c2ccccc12. The average Bonchev–Trinajstić information content (AvgIpc) is 2.96. The van der Waals surface area contributed by atoms with E-state index in [0.29, 0.717) is 5.56 Å². The van der Waals surface area contributed by atoms with Gasteiger partial charge in [-0.15, -0.1) is 0 Å². The summed E-state index contributed by atoms with van der Waals surface area (Å²) in [6.07, 6.45) is 1.65. The van der Waals surface area contributed by atoms with Crippen LogP contribution in [0.1, 0.15) is 32.3 Å². The molecule has 1 heterocycles. The number of aromatic nitrogens is 1. The van der Waals surface area contributed by atoms with Crippen molar-refractivity contribution in [3.8, 4) is 0 Å². The zero-order valence-electron chi connectivity index (χ0n) is 14.0. The minimum Gasteiger partial charge on any atom is -0.465 e. The molecule has 6 nitrogen and oxygen atoms in total. The predicted molar refractivity (Wildman–Crippen MR) is 88.5 cm³/mol. The van der Waals surface area contributed by atoms with Crippen LogP contribution in [-0.2, 0) is 23.9 Å². The summed E-state index contributed by atoms with van der Waals surface area (Å²) in [6.45, 7) is 4.89. The monoisotopic (exact) mass is 331 g/mol. The lowest BCUT2D eigenvalue weighted by molar-refractivity contribution is -0.164. The van der Waals surface area contributed by atoms with Crippen LogP contribution in [0, 0.1) is 5.92 Å². The van der Waals surface area contributed by atoms with E-state index in [1.54, 1.807) is 20.0 Å². The predicted octanol–water partition coefficient (Wildman–Crippen LogP) is 2.58. The molecule has 0 saturated carbocycles. The number of ketones is 1. The minimum absolute atomic E-state index is 0.118. The highest BCUT2D eigenvalue weighted by Crippen LogP contribution is 2.33. The van der Waals surface area contributed by atoms with Crippen molar-refractivity contribution in [3.63, 3.8) is 0 Å². The van der Waals surface area contributed by atoms with Gasteiger partial charge in [0, 0.05) is 17.1 Å². The lowest BCUT2D eigenvalue weighted by Gasteiger charge is -2.22. The summed E-state index contributed by atoms with van der Waals surface area (Å²) in [7, 11) is 0. The quantitative estimate of drug-likeness (QED) is 0.622. The van der Waals surface area contributed by atoms with Crippen LogP contribution in [-0.4, -0.2) is 35.9 Å². The van der Waals surface area contributed by atoms with Crippen molar-refractivity contribution < 1.29 is 23.9 Å². The molecular formula is C18H21NO5. The van der Waals surface area contributed by atoms with Crippen molar-refractivity contribution >= 4 is 28.6 Å². The smallest absolute Gasteiger partial charge is 0.321 e. The van der Waals surface area contributed by atoms with E-state index in [0.717, 1.165) is 10.9 Å². The molecule has 128 valence electrons. The van der Waals surface area contributed by atoms with Gasteiger partial charge in [-0.1, -0.05) is 18.2 Å². The van der Waals surface area contributed by atoms with Crippen molar-refractivity contribution in [2.24, 2.45) is 5.92 Å². The van der Waals surface area contributed by atoms with Crippen LogP contribution in [0.5, 0.6) is 0 Å². The van der Waals surface area contributed by atoms with E-state index >= 15 is 0 Å². The molecule has 0 amide bonds. The van der Waals surface area contributed by atoms with Crippen LogP contribution in [0.2, 0.25) is 0 Å². The molecule has 0 aliphatic heterocycles. The van der Waals surface area contributed by atoms with Gasteiger partial charge in [0.25, 0.3) is 0 Å². The maximum atomic E-state index is 12.4. The molecule has 1 atom stereocenters. The summed E-state index contributed by atoms with van der Waals surface area (Å²) in [5.74, 6) is -4.07. The zero-order chi connectivity index (χ0) is 17.7. The van der Waals surface area contributed by atoms with Crippen LogP contribution in [0.25, 0.3) is 10.9 Å². The third kappa shape index (κ3) is 3.48. The van der Waals surface area contributed by atoms with Crippen molar-refractivity contribution in [2.75, 3.05) is 13.2 Å². The molecule has 1 aromatic carbocycles. The number of carbonyl (C=O) groups is 3. The number of benzene rings is 1. The van der Waals surface area contributed by atoms with E-state index in [4.69, 9.17) is 9.47 Å². The minimum atomic E-state index is -1.32. The Balaban J connectivity index is 2.54. The standard InChI is InChI=1S/C18H21NO5/c1-4-23-17(21)16(18(22)24-5-2)15(11(3)20)13-10-19-14-9-7-6-8-12(13)14/h6-10,15-16,19H,4-5H2,1-3H3/t15-/m0/s1. The summed E-state index contributed by atoms with van der Waals surface area (Å²) in [4.78, 5) is 40.1. The fourth-order valence-electron chi connectivity index (χ4n) is 2.82. The number of H-pyrrole nitrogens is 1. The van der Waals surface area contributed by atoms with Crippen molar-refractivity contribution in [2.45, 2.75) is 26.7 Å². The second-order valence-corrected chi connectivity index (χ2v) is 5.36. The topological polar surface area (TPSA) is 85.5 Å². The summed E-state index contributed by atoms with van der Waals surface area (Å²) in [6, 6.07) is 7.39. The Morgan fingerprint density at radius 1 is 1.04 bits per heavy atom. The fraction of sp³-hybridized carbons (Fsp3) is 0.389. The number of esters is 2. The molecule has 0 spiro atoms. The third-order valence-corrected chi connectivity index (χ3v) is 3.81. The largest absolute Gasteiger partial charge is 0.465 e. The number of para-hydroxylation sites is 1. The number of fused-ring (bicyclic) bond motifs is 1. The first-order chi connectivity index (χ1) is 11.5. The molecule has 0 bridgehead atoms. The van der Waals surface area contributed by atoms with E-state index in [-0.39, 0.29) is 19.0 Å². The normalized spacial score (nSPS) is 12.2. The molecule has 0 unspecified atom stereocenters. The van der Waals surface area contributed by atoms with E-state index in [2.05, 4.69) is 4.98 Å². The van der Waals surface area contributed by atoms with E-state index in [9.17, 15) is 14.4 Å². The molecule has 24 heavy (non-hydrogen) atoms. The lowest BCUT2D eigenvalue weighted by Crippen LogP contribution is -2.36. The van der Waals surface area contributed by atoms with Gasteiger partial charge in [0.1, 0.15) is 5.78 Å². The maximum Gasteiger partial charge on any atom is 0.321 e. The maximum absolute atomic E-state index is 12.4. The third-order valence-electron chi connectivity index (χ3n) is 3.81. The molecule has 0 fully saturated rings. The highest BCUT2D eigenvalue weighted by atomic mass is 16.6. The second kappa shape index (κ2) is 7.77. The summed E-state index contributed by atoms with van der Waals surface area (Å²) < 4.78 is 10.0. The van der Waals surface area contributed by atoms with Crippen LogP contribution >= 0.6 is 0 Å². The molecule has 0 aliphatic rings. The first kappa shape index (κ1) is 17.7. The van der Waals surface area contributed by atoms with Crippen LogP contribution < -0.4 is 0 Å². The molecular weight excluding hydrogens is 310 g/mol. The second-order valence-electron chi connectivity index (χ2n) is 5.36. The van der Waals surface area contributed by atoms with Crippen molar-refractivity contribution in [1.82, 2.24) is 4.98 Å². The van der Waals surface area contributed by atoms with Gasteiger partial charge in [-0.3, -0.25) is 14.4 Å². The van der Waals surface area contributed by atoms with E-state index in [1.807, 2.05) is 24.3 Å². The Bertz CT molecular complexity index is 731. The molecule has 6 heteroatoms. The average molecular weight is 331 g/mol. The van der Waals surface area contributed by atoms with Crippen LogP contribution in [0.4, 0.5) is 0 Å². The van der Waals surface area contributed by atoms with Gasteiger partial charge < -0.3 is 14.5 Å². The van der Waals surface area contributed by atoms with Crippen LogP contribution in [0.3, 0.4) is 0 Å². The highest BCUT2D eigenvalue weighted by Gasteiger charge is 2.42. The van der Waals surface area contributed by atoms with Gasteiger partial charge in [-0.2, -0.15) is 0 Å². The number of ether oxygens (including phenoxy) is 2. The number of hydrogen-bond acceptors (Lipinski definition) is 5. The molecule has 1 N–H and O–H groups in total. The van der Waals surface area contributed by atoms with Gasteiger partial charge in [0.2, 0.25) is 0 Å². The number of hydrogen-bond donors (Lipinski definition) is 1. The first-order valence-electron chi connectivity index (χ1n) is 7.90. The molecule has 2 aromatic rings. The van der Waals surface area contributed by atoms with Crippen molar-refractivity contribution in [3.05, 3.63) is 36.0 Å². The lowest BCUT2D eigenvalue weighted by atomic mass is 9.83. The molecule has 0 saturated heterocycles. The highest BCUT2D eigenvalue weighted by molar-refractivity contribution is 6.04. The molecule has 1 aromatic heterocycles. The Labute approximate surface area is 140 Å². The number of rotatable bonds is 7. The summed E-state index contributed by atoms with van der Waals surface area (Å²) >= 11 is 0. The number of carbonyl (C=O) groups excluding carboxylic acids is 3.